The Morgan fingerprint density at radius 2 is 1.85 bits per heavy atom. The van der Waals surface area contributed by atoms with Crippen molar-refractivity contribution in [3.8, 4) is 0 Å². The van der Waals surface area contributed by atoms with Gasteiger partial charge >= 0.3 is 0 Å². The molecule has 0 radical (unpaired) electrons. The molecular weight excluding hydrogens is 371 g/mol. The smallest absolute Gasteiger partial charge is 0.244 e. The number of nitrogens with two attached hydrogens (primary N) is 1. The normalized spacial score (nSPS) is 15.7. The topological polar surface area (TPSA) is 64.2 Å². The quantitative estimate of drug-likeness (QED) is 0.857. The van der Waals surface area contributed by atoms with Crippen molar-refractivity contribution in [2.45, 2.75) is 45.2 Å². The standard InChI is InChI=1S/C19H26N4O.2ClH/c1-3-23-13-17(12-21-23)15-8-10-22(11-9-15)19(24)18(20)16-6-4-14(2)5-7-16;;/h4-7,12-13,15,18H,3,8-11,20H2,1-2H3;2*1H. The highest BCUT2D eigenvalue weighted by Gasteiger charge is 2.28. The highest BCUT2D eigenvalue weighted by atomic mass is 35.5. The second-order valence-electron chi connectivity index (χ2n) is 6.62. The number of nitrogens with zero attached hydrogens (tertiary/aromatic N) is 3. The highest BCUT2D eigenvalue weighted by Crippen LogP contribution is 2.28. The zero-order chi connectivity index (χ0) is 17.1. The van der Waals surface area contributed by atoms with Gasteiger partial charge in [-0.15, -0.1) is 24.8 Å². The molecule has 0 saturated carbocycles. The number of halogens is 2. The van der Waals surface area contributed by atoms with E-state index in [-0.39, 0.29) is 30.7 Å². The van der Waals surface area contributed by atoms with Crippen LogP contribution in [0, 0.1) is 6.92 Å². The van der Waals surface area contributed by atoms with E-state index in [0.29, 0.717) is 5.92 Å². The number of likely N-dealkylation sites (tertiary alicyclic amines) is 1. The monoisotopic (exact) mass is 398 g/mol. The molecule has 26 heavy (non-hydrogen) atoms. The van der Waals surface area contributed by atoms with Gasteiger partial charge in [0.2, 0.25) is 5.91 Å². The fourth-order valence-electron chi connectivity index (χ4n) is 3.31. The van der Waals surface area contributed by atoms with E-state index in [9.17, 15) is 4.79 Å². The van der Waals surface area contributed by atoms with Gasteiger partial charge in [0.15, 0.2) is 0 Å². The lowest BCUT2D eigenvalue weighted by molar-refractivity contribution is -0.133. The Balaban J connectivity index is 0.00000169. The molecule has 7 heteroatoms. The van der Waals surface area contributed by atoms with Crippen molar-refractivity contribution in [3.63, 3.8) is 0 Å². The molecule has 1 aromatic carbocycles. The lowest BCUT2D eigenvalue weighted by atomic mass is 9.91. The molecule has 2 aromatic rings. The van der Waals surface area contributed by atoms with Crippen molar-refractivity contribution in [1.82, 2.24) is 14.7 Å². The third-order valence-electron chi connectivity index (χ3n) is 4.96. The highest BCUT2D eigenvalue weighted by molar-refractivity contribution is 5.85. The van der Waals surface area contributed by atoms with Gasteiger partial charge in [0.05, 0.1) is 6.20 Å². The zero-order valence-electron chi connectivity index (χ0n) is 15.3. The maximum absolute atomic E-state index is 12.7. The fourth-order valence-corrected chi connectivity index (χ4v) is 3.31. The third-order valence-corrected chi connectivity index (χ3v) is 4.96. The molecule has 5 nitrogen and oxygen atoms in total. The van der Waals surface area contributed by atoms with Gasteiger partial charge in [-0.25, -0.2) is 0 Å². The van der Waals surface area contributed by atoms with Crippen LogP contribution in [0.25, 0.3) is 0 Å². The summed E-state index contributed by atoms with van der Waals surface area (Å²) in [4.78, 5) is 14.6. The minimum Gasteiger partial charge on any atom is -0.341 e. The van der Waals surface area contributed by atoms with E-state index in [2.05, 4.69) is 18.2 Å². The van der Waals surface area contributed by atoms with Crippen LogP contribution in [0.15, 0.2) is 36.7 Å². The molecular formula is C19H28Cl2N4O. The van der Waals surface area contributed by atoms with E-state index >= 15 is 0 Å². The average Bonchev–Trinajstić information content (AvgIpc) is 3.10. The lowest BCUT2D eigenvalue weighted by Crippen LogP contribution is -2.42. The summed E-state index contributed by atoms with van der Waals surface area (Å²) in [6.07, 6.45) is 6.04. The van der Waals surface area contributed by atoms with Crippen molar-refractivity contribution in [2.24, 2.45) is 5.73 Å². The van der Waals surface area contributed by atoms with E-state index in [1.807, 2.05) is 47.0 Å². The molecule has 0 bridgehead atoms. The summed E-state index contributed by atoms with van der Waals surface area (Å²) in [5.74, 6) is 0.520. The van der Waals surface area contributed by atoms with Gasteiger partial charge in [-0.05, 0) is 43.7 Å². The van der Waals surface area contributed by atoms with Crippen LogP contribution in [0.4, 0.5) is 0 Å². The van der Waals surface area contributed by atoms with Gasteiger partial charge in [-0.2, -0.15) is 5.10 Å². The SMILES string of the molecule is CCn1cc(C2CCN(C(=O)C(N)c3ccc(C)cc3)CC2)cn1.Cl.Cl. The molecule has 1 unspecified atom stereocenters. The Bertz CT molecular complexity index is 694. The Labute approximate surface area is 167 Å². The largest absolute Gasteiger partial charge is 0.341 e. The fraction of sp³-hybridized carbons (Fsp3) is 0.474. The van der Waals surface area contributed by atoms with E-state index in [4.69, 9.17) is 5.73 Å². The summed E-state index contributed by atoms with van der Waals surface area (Å²) < 4.78 is 1.96. The maximum Gasteiger partial charge on any atom is 0.244 e. The summed E-state index contributed by atoms with van der Waals surface area (Å²) in [5, 5.41) is 4.36. The zero-order valence-corrected chi connectivity index (χ0v) is 16.9. The molecule has 1 atom stereocenters. The summed E-state index contributed by atoms with van der Waals surface area (Å²) >= 11 is 0. The number of benzene rings is 1. The number of piperidine rings is 1. The molecule has 0 spiro atoms. The first-order valence-corrected chi connectivity index (χ1v) is 8.71. The molecule has 1 saturated heterocycles. The van der Waals surface area contributed by atoms with E-state index < -0.39 is 6.04 Å². The van der Waals surface area contributed by atoms with Crippen molar-refractivity contribution >= 4 is 30.7 Å². The van der Waals surface area contributed by atoms with Crippen molar-refractivity contribution in [2.75, 3.05) is 13.1 Å². The molecule has 3 rings (SSSR count). The van der Waals surface area contributed by atoms with Gasteiger partial charge in [-0.1, -0.05) is 29.8 Å². The molecule has 0 aliphatic carbocycles. The van der Waals surface area contributed by atoms with Crippen molar-refractivity contribution < 1.29 is 4.79 Å². The predicted octanol–water partition coefficient (Wildman–Crippen LogP) is 3.46. The predicted molar refractivity (Wildman–Crippen MR) is 109 cm³/mol. The molecule has 144 valence electrons. The number of carbonyl (C=O) groups is 1. The Morgan fingerprint density at radius 1 is 1.23 bits per heavy atom. The second-order valence-corrected chi connectivity index (χ2v) is 6.62. The number of amides is 1. The van der Waals surface area contributed by atoms with Gasteiger partial charge < -0.3 is 10.6 Å². The summed E-state index contributed by atoms with van der Waals surface area (Å²) in [6.45, 7) is 6.54. The first-order valence-electron chi connectivity index (χ1n) is 8.71. The Kier molecular flexibility index (Phi) is 8.60. The van der Waals surface area contributed by atoms with Crippen LogP contribution in [0.5, 0.6) is 0 Å². The Morgan fingerprint density at radius 3 is 2.38 bits per heavy atom. The molecule has 1 amide bonds. The van der Waals surface area contributed by atoms with E-state index in [1.165, 1.54) is 11.1 Å². The molecule has 2 heterocycles. The number of carbonyl (C=O) groups excluding carboxylic acids is 1. The lowest BCUT2D eigenvalue weighted by Gasteiger charge is -2.33. The minimum atomic E-state index is -0.565. The van der Waals surface area contributed by atoms with E-state index in [0.717, 1.165) is 38.0 Å². The van der Waals surface area contributed by atoms with Gasteiger partial charge in [0, 0.05) is 25.8 Å². The summed E-state index contributed by atoms with van der Waals surface area (Å²) in [7, 11) is 0. The van der Waals surface area contributed by atoms with Gasteiger partial charge in [0.1, 0.15) is 6.04 Å². The second kappa shape index (κ2) is 9.95. The molecule has 2 N–H and O–H groups in total. The number of hydrogen-bond acceptors (Lipinski definition) is 3. The van der Waals surface area contributed by atoms with Crippen LogP contribution >= 0.6 is 24.8 Å². The van der Waals surface area contributed by atoms with Crippen molar-refractivity contribution in [1.29, 1.82) is 0 Å². The third kappa shape index (κ3) is 5.00. The van der Waals surface area contributed by atoms with Crippen LogP contribution in [0.2, 0.25) is 0 Å². The van der Waals surface area contributed by atoms with Crippen LogP contribution in [-0.2, 0) is 11.3 Å². The van der Waals surface area contributed by atoms with Crippen LogP contribution in [-0.4, -0.2) is 33.7 Å². The number of rotatable bonds is 4. The first kappa shape index (κ1) is 22.5. The molecule has 1 aliphatic heterocycles. The number of aromatic nitrogens is 2. The maximum atomic E-state index is 12.7. The molecule has 1 aromatic heterocycles. The van der Waals surface area contributed by atoms with E-state index in [1.54, 1.807) is 0 Å². The first-order chi connectivity index (χ1) is 11.6. The van der Waals surface area contributed by atoms with Crippen LogP contribution in [0.1, 0.15) is 48.4 Å². The number of aryl methyl sites for hydroxylation is 2. The summed E-state index contributed by atoms with van der Waals surface area (Å²) in [5.41, 5.74) is 9.53. The minimum absolute atomic E-state index is 0. The van der Waals surface area contributed by atoms with Crippen LogP contribution in [0.3, 0.4) is 0 Å². The number of hydrogen-bond donors (Lipinski definition) is 1. The molecule has 1 fully saturated rings. The molecule has 1 aliphatic rings. The van der Waals surface area contributed by atoms with Gasteiger partial charge in [0.25, 0.3) is 0 Å². The Hall–Kier alpha value is -1.56. The average molecular weight is 399 g/mol. The van der Waals surface area contributed by atoms with Gasteiger partial charge in [-0.3, -0.25) is 9.48 Å². The van der Waals surface area contributed by atoms with Crippen molar-refractivity contribution in [3.05, 3.63) is 53.3 Å². The summed E-state index contributed by atoms with van der Waals surface area (Å²) in [6, 6.07) is 7.33. The van der Waals surface area contributed by atoms with Crippen LogP contribution < -0.4 is 5.73 Å².